The van der Waals surface area contributed by atoms with Crippen LogP contribution in [-0.4, -0.2) is 5.11 Å². The van der Waals surface area contributed by atoms with Gasteiger partial charge in [-0.15, -0.1) is 0 Å². The maximum Gasteiger partial charge on any atom is 0.168 e. The number of halogens is 2. The molecule has 0 saturated heterocycles. The third-order valence-corrected chi connectivity index (χ3v) is 1.49. The van der Waals surface area contributed by atoms with Crippen molar-refractivity contribution < 1.29 is 13.9 Å². The highest BCUT2D eigenvalue weighted by Gasteiger charge is 2.07. The monoisotopic (exact) mass is 158 g/mol. The lowest BCUT2D eigenvalue weighted by Crippen LogP contribution is -1.88. The molecule has 0 aliphatic heterocycles. The largest absolute Gasteiger partial charge is 0.505 e. The lowest BCUT2D eigenvalue weighted by Gasteiger charge is -2.01. The van der Waals surface area contributed by atoms with E-state index in [0.29, 0.717) is 18.1 Å². The fraction of sp³-hybridized carbons (Fsp3) is 0.250. The molecule has 60 valence electrons. The Bertz CT molecular complexity index is 271. The second-order valence-electron chi connectivity index (χ2n) is 2.25. The molecule has 0 unspecified atom stereocenters. The van der Waals surface area contributed by atoms with Crippen LogP contribution in [0.15, 0.2) is 12.1 Å². The van der Waals surface area contributed by atoms with Crippen molar-refractivity contribution in [3.63, 3.8) is 0 Å². The molecule has 0 heterocycles. The van der Waals surface area contributed by atoms with Crippen molar-refractivity contribution in [3.8, 4) is 5.75 Å². The first-order chi connectivity index (χ1) is 5.15. The molecule has 1 rings (SSSR count). The van der Waals surface area contributed by atoms with Crippen LogP contribution in [-0.2, 0) is 6.42 Å². The van der Waals surface area contributed by atoms with Crippen LogP contribution >= 0.6 is 0 Å². The quantitative estimate of drug-likeness (QED) is 0.664. The van der Waals surface area contributed by atoms with E-state index in [1.807, 2.05) is 0 Å². The van der Waals surface area contributed by atoms with Crippen molar-refractivity contribution in [1.82, 2.24) is 0 Å². The molecule has 0 radical (unpaired) electrons. The number of hydrogen-bond acceptors (Lipinski definition) is 1. The van der Waals surface area contributed by atoms with E-state index in [2.05, 4.69) is 0 Å². The van der Waals surface area contributed by atoms with Gasteiger partial charge in [-0.25, -0.2) is 8.78 Å². The Morgan fingerprint density at radius 1 is 1.36 bits per heavy atom. The Hall–Kier alpha value is -1.12. The highest BCUT2D eigenvalue weighted by atomic mass is 19.1. The van der Waals surface area contributed by atoms with Gasteiger partial charge >= 0.3 is 0 Å². The smallest absolute Gasteiger partial charge is 0.168 e. The second kappa shape index (κ2) is 2.86. The van der Waals surface area contributed by atoms with E-state index in [9.17, 15) is 8.78 Å². The van der Waals surface area contributed by atoms with E-state index in [-0.39, 0.29) is 0 Å². The molecule has 1 aromatic carbocycles. The van der Waals surface area contributed by atoms with Gasteiger partial charge in [-0.1, -0.05) is 6.92 Å². The maximum absolute atomic E-state index is 12.5. The van der Waals surface area contributed by atoms with Crippen LogP contribution in [0, 0.1) is 11.6 Å². The molecule has 0 aliphatic carbocycles. The second-order valence-corrected chi connectivity index (χ2v) is 2.25. The molecular formula is C8H8F2O. The molecule has 1 nitrogen and oxygen atoms in total. The number of rotatable bonds is 1. The summed E-state index contributed by atoms with van der Waals surface area (Å²) >= 11 is 0. The van der Waals surface area contributed by atoms with E-state index in [1.165, 1.54) is 0 Å². The maximum atomic E-state index is 12.5. The van der Waals surface area contributed by atoms with Crippen molar-refractivity contribution in [1.29, 1.82) is 0 Å². The van der Waals surface area contributed by atoms with Crippen molar-refractivity contribution in [2.45, 2.75) is 13.3 Å². The van der Waals surface area contributed by atoms with E-state index in [0.717, 1.165) is 6.07 Å². The third kappa shape index (κ3) is 1.48. The van der Waals surface area contributed by atoms with Gasteiger partial charge in [0.05, 0.1) is 0 Å². The standard InChI is InChI=1S/C8H8F2O/c1-2-5-3-6(9)4-7(10)8(5)11/h3-4,11H,2H2,1H3. The summed E-state index contributed by atoms with van der Waals surface area (Å²) in [5, 5.41) is 8.98. The van der Waals surface area contributed by atoms with E-state index >= 15 is 0 Å². The zero-order chi connectivity index (χ0) is 8.43. The van der Waals surface area contributed by atoms with Gasteiger partial charge in [-0.3, -0.25) is 0 Å². The first kappa shape index (κ1) is 7.98. The fourth-order valence-electron chi connectivity index (χ4n) is 0.889. The average Bonchev–Trinajstić information content (AvgIpc) is 1.96. The lowest BCUT2D eigenvalue weighted by atomic mass is 10.1. The molecule has 0 saturated carbocycles. The molecule has 0 aliphatic rings. The van der Waals surface area contributed by atoms with Gasteiger partial charge in [0.1, 0.15) is 5.82 Å². The van der Waals surface area contributed by atoms with Crippen LogP contribution in [0.1, 0.15) is 12.5 Å². The molecule has 3 heteroatoms. The molecule has 0 spiro atoms. The number of aromatic hydroxyl groups is 1. The fourth-order valence-corrected chi connectivity index (χ4v) is 0.889. The van der Waals surface area contributed by atoms with Crippen molar-refractivity contribution >= 4 is 0 Å². The van der Waals surface area contributed by atoms with E-state index in [1.54, 1.807) is 6.92 Å². The Labute approximate surface area is 63.3 Å². The van der Waals surface area contributed by atoms with Crippen molar-refractivity contribution in [2.75, 3.05) is 0 Å². The predicted octanol–water partition coefficient (Wildman–Crippen LogP) is 2.23. The number of phenolic OH excluding ortho intramolecular Hbond substituents is 1. The summed E-state index contributed by atoms with van der Waals surface area (Å²) in [5.41, 5.74) is 0.294. The highest BCUT2D eigenvalue weighted by molar-refractivity contribution is 5.33. The van der Waals surface area contributed by atoms with Gasteiger partial charge in [0, 0.05) is 6.07 Å². The van der Waals surface area contributed by atoms with Crippen molar-refractivity contribution in [2.24, 2.45) is 0 Å². The zero-order valence-corrected chi connectivity index (χ0v) is 6.06. The van der Waals surface area contributed by atoms with E-state index in [4.69, 9.17) is 5.11 Å². The molecule has 0 aromatic heterocycles. The Balaban J connectivity index is 3.24. The summed E-state index contributed by atoms with van der Waals surface area (Å²) in [6.07, 6.45) is 0.417. The lowest BCUT2D eigenvalue weighted by molar-refractivity contribution is 0.421. The highest BCUT2D eigenvalue weighted by Crippen LogP contribution is 2.22. The van der Waals surface area contributed by atoms with Gasteiger partial charge in [-0.2, -0.15) is 0 Å². The van der Waals surface area contributed by atoms with Gasteiger partial charge in [0.15, 0.2) is 11.6 Å². The van der Waals surface area contributed by atoms with Crippen LogP contribution in [0.3, 0.4) is 0 Å². The van der Waals surface area contributed by atoms with Gasteiger partial charge < -0.3 is 5.11 Å². The molecule has 0 amide bonds. The first-order valence-electron chi connectivity index (χ1n) is 3.32. The zero-order valence-electron chi connectivity index (χ0n) is 6.06. The summed E-state index contributed by atoms with van der Waals surface area (Å²) in [5.74, 6) is -2.01. The van der Waals surface area contributed by atoms with Crippen LogP contribution < -0.4 is 0 Å². The van der Waals surface area contributed by atoms with Crippen LogP contribution in [0.25, 0.3) is 0 Å². The normalized spacial score (nSPS) is 10.1. The summed E-state index contributed by atoms with van der Waals surface area (Å²) < 4.78 is 25.0. The molecule has 1 N–H and O–H groups in total. The molecule has 0 fully saturated rings. The van der Waals surface area contributed by atoms with Crippen molar-refractivity contribution in [3.05, 3.63) is 29.3 Å². The van der Waals surface area contributed by atoms with Crippen LogP contribution in [0.5, 0.6) is 5.75 Å². The number of aryl methyl sites for hydroxylation is 1. The molecule has 0 bridgehead atoms. The Morgan fingerprint density at radius 3 is 2.55 bits per heavy atom. The van der Waals surface area contributed by atoms with Crippen LogP contribution in [0.4, 0.5) is 8.78 Å². The van der Waals surface area contributed by atoms with Gasteiger partial charge in [0.25, 0.3) is 0 Å². The predicted molar refractivity (Wildman–Crippen MR) is 37.4 cm³/mol. The molecule has 0 atom stereocenters. The van der Waals surface area contributed by atoms with Gasteiger partial charge in [-0.05, 0) is 18.1 Å². The summed E-state index contributed by atoms with van der Waals surface area (Å²) in [4.78, 5) is 0. The Kier molecular flexibility index (Phi) is 2.08. The minimum Gasteiger partial charge on any atom is -0.505 e. The summed E-state index contributed by atoms with van der Waals surface area (Å²) in [7, 11) is 0. The van der Waals surface area contributed by atoms with Gasteiger partial charge in [0.2, 0.25) is 0 Å². The first-order valence-corrected chi connectivity index (χ1v) is 3.32. The minimum absolute atomic E-state index is 0.294. The average molecular weight is 158 g/mol. The SMILES string of the molecule is CCc1cc(F)cc(F)c1O. The summed E-state index contributed by atoms with van der Waals surface area (Å²) in [6, 6.07) is 1.78. The minimum atomic E-state index is -0.901. The number of benzene rings is 1. The number of hydrogen-bond donors (Lipinski definition) is 1. The molecule has 1 aromatic rings. The van der Waals surface area contributed by atoms with Crippen LogP contribution in [0.2, 0.25) is 0 Å². The molecule has 11 heavy (non-hydrogen) atoms. The molecular weight excluding hydrogens is 150 g/mol. The Morgan fingerprint density at radius 2 is 2.00 bits per heavy atom. The summed E-state index contributed by atoms with van der Waals surface area (Å²) in [6.45, 7) is 1.72. The van der Waals surface area contributed by atoms with E-state index < -0.39 is 17.4 Å². The number of phenols is 1. The third-order valence-electron chi connectivity index (χ3n) is 1.49. The topological polar surface area (TPSA) is 20.2 Å².